The van der Waals surface area contributed by atoms with Crippen LogP contribution in [0.25, 0.3) is 0 Å². The molecule has 1 aliphatic carbocycles. The molecular formula is C14H18O3. The van der Waals surface area contributed by atoms with E-state index < -0.39 is 0 Å². The molecule has 0 spiro atoms. The van der Waals surface area contributed by atoms with Crippen LogP contribution in [0.3, 0.4) is 0 Å². The molecule has 1 aromatic rings. The van der Waals surface area contributed by atoms with Crippen LogP contribution in [0.15, 0.2) is 18.2 Å². The minimum atomic E-state index is -0.250. The average Bonchev–Trinajstić information content (AvgIpc) is 2.35. The van der Waals surface area contributed by atoms with E-state index in [-0.39, 0.29) is 11.3 Å². The van der Waals surface area contributed by atoms with Gasteiger partial charge in [0.2, 0.25) is 0 Å². The van der Waals surface area contributed by atoms with Gasteiger partial charge in [-0.05, 0) is 17.7 Å². The van der Waals surface area contributed by atoms with Gasteiger partial charge in [0.1, 0.15) is 5.78 Å². The number of Topliss-reactive ketones (excluding diaryl/α,β-unsaturated/α-hetero) is 1. The Kier molecular flexibility index (Phi) is 2.86. The summed E-state index contributed by atoms with van der Waals surface area (Å²) >= 11 is 0. The van der Waals surface area contributed by atoms with Gasteiger partial charge < -0.3 is 9.47 Å². The topological polar surface area (TPSA) is 35.5 Å². The van der Waals surface area contributed by atoms with Crippen LogP contribution in [0, 0.1) is 5.41 Å². The Morgan fingerprint density at radius 2 is 1.82 bits per heavy atom. The molecule has 1 fully saturated rings. The van der Waals surface area contributed by atoms with Gasteiger partial charge >= 0.3 is 0 Å². The Balaban J connectivity index is 2.32. The number of carbonyl (C=O) groups is 1. The van der Waals surface area contributed by atoms with E-state index >= 15 is 0 Å². The Morgan fingerprint density at radius 3 is 2.29 bits per heavy atom. The summed E-state index contributed by atoms with van der Waals surface area (Å²) < 4.78 is 10.5. The van der Waals surface area contributed by atoms with E-state index in [4.69, 9.17) is 9.47 Å². The maximum absolute atomic E-state index is 11.6. The van der Waals surface area contributed by atoms with Crippen molar-refractivity contribution in [3.63, 3.8) is 0 Å². The molecular weight excluding hydrogens is 216 g/mol. The molecule has 1 aromatic carbocycles. The van der Waals surface area contributed by atoms with Crippen molar-refractivity contribution in [2.45, 2.75) is 26.2 Å². The van der Waals surface area contributed by atoms with Gasteiger partial charge in [-0.2, -0.15) is 0 Å². The summed E-state index contributed by atoms with van der Waals surface area (Å²) in [4.78, 5) is 11.6. The summed E-state index contributed by atoms with van der Waals surface area (Å²) in [7, 11) is 3.24. The van der Waals surface area contributed by atoms with Crippen molar-refractivity contribution in [2.75, 3.05) is 14.2 Å². The quantitative estimate of drug-likeness (QED) is 0.806. The first-order valence-electron chi connectivity index (χ1n) is 5.76. The molecule has 0 amide bonds. The first-order chi connectivity index (χ1) is 8.00. The number of ether oxygens (including phenoxy) is 2. The fourth-order valence-corrected chi connectivity index (χ4v) is 2.37. The van der Waals surface area contributed by atoms with Crippen LogP contribution in [0.2, 0.25) is 0 Å². The van der Waals surface area contributed by atoms with E-state index in [1.807, 2.05) is 32.0 Å². The third-order valence-corrected chi connectivity index (χ3v) is 3.79. The maximum Gasteiger partial charge on any atom is 0.160 e. The van der Waals surface area contributed by atoms with Crippen LogP contribution in [0.1, 0.15) is 31.7 Å². The lowest BCUT2D eigenvalue weighted by molar-refractivity contribution is -0.137. The second-order valence-corrected chi connectivity index (χ2v) is 5.02. The molecule has 1 saturated carbocycles. The number of hydrogen-bond acceptors (Lipinski definition) is 3. The Hall–Kier alpha value is -1.51. The number of methoxy groups -OCH3 is 2. The summed E-state index contributed by atoms with van der Waals surface area (Å²) in [5.41, 5.74) is 0.895. The third-order valence-electron chi connectivity index (χ3n) is 3.79. The molecule has 3 nitrogen and oxygen atoms in total. The predicted octanol–water partition coefficient (Wildman–Crippen LogP) is 2.79. The highest BCUT2D eigenvalue weighted by Gasteiger charge is 2.47. The van der Waals surface area contributed by atoms with Crippen LogP contribution in [-0.2, 0) is 4.79 Å². The molecule has 0 aromatic heterocycles. The zero-order valence-electron chi connectivity index (χ0n) is 10.7. The van der Waals surface area contributed by atoms with Crippen LogP contribution >= 0.6 is 0 Å². The first-order valence-corrected chi connectivity index (χ1v) is 5.76. The van der Waals surface area contributed by atoms with Crippen molar-refractivity contribution in [3.8, 4) is 11.5 Å². The summed E-state index contributed by atoms with van der Waals surface area (Å²) in [6.07, 6.45) is 0.627. The Labute approximate surface area is 102 Å². The molecule has 1 unspecified atom stereocenters. The molecule has 0 heterocycles. The van der Waals surface area contributed by atoms with E-state index in [2.05, 4.69) is 0 Å². The normalized spacial score (nSPS) is 21.9. The SMILES string of the molecule is COc1ccc(C2CC(=O)C2(C)C)cc1OC. The van der Waals surface area contributed by atoms with Crippen LogP contribution < -0.4 is 9.47 Å². The predicted molar refractivity (Wildman–Crippen MR) is 65.7 cm³/mol. The first kappa shape index (κ1) is 12.0. The Bertz CT molecular complexity index is 449. The van der Waals surface area contributed by atoms with Gasteiger partial charge in [0.15, 0.2) is 11.5 Å². The third kappa shape index (κ3) is 1.79. The van der Waals surface area contributed by atoms with Crippen LogP contribution in [0.5, 0.6) is 11.5 Å². The maximum atomic E-state index is 11.6. The average molecular weight is 234 g/mol. The van der Waals surface area contributed by atoms with Gasteiger partial charge in [-0.25, -0.2) is 0 Å². The van der Waals surface area contributed by atoms with Crippen molar-refractivity contribution in [1.29, 1.82) is 0 Å². The van der Waals surface area contributed by atoms with Crippen LogP contribution in [-0.4, -0.2) is 20.0 Å². The molecule has 0 bridgehead atoms. The number of carbonyl (C=O) groups excluding carboxylic acids is 1. The molecule has 0 radical (unpaired) electrons. The lowest BCUT2D eigenvalue weighted by Crippen LogP contribution is -2.43. The summed E-state index contributed by atoms with van der Waals surface area (Å²) in [5, 5.41) is 0. The summed E-state index contributed by atoms with van der Waals surface area (Å²) in [5.74, 6) is 2.06. The number of ketones is 1. The standard InChI is InChI=1S/C14H18O3/c1-14(2)10(8-13(14)15)9-5-6-11(16-3)12(7-9)17-4/h5-7,10H,8H2,1-4H3. The van der Waals surface area contributed by atoms with Gasteiger partial charge in [-0.3, -0.25) is 4.79 Å². The summed E-state index contributed by atoms with van der Waals surface area (Å²) in [6.45, 7) is 4.00. The largest absolute Gasteiger partial charge is 0.493 e. The fourth-order valence-electron chi connectivity index (χ4n) is 2.37. The minimum absolute atomic E-state index is 0.250. The smallest absolute Gasteiger partial charge is 0.160 e. The van der Waals surface area contributed by atoms with Crippen molar-refractivity contribution >= 4 is 5.78 Å². The van der Waals surface area contributed by atoms with E-state index in [0.717, 1.165) is 17.1 Å². The second-order valence-electron chi connectivity index (χ2n) is 5.02. The fraction of sp³-hybridized carbons (Fsp3) is 0.500. The van der Waals surface area contributed by atoms with E-state index in [1.54, 1.807) is 14.2 Å². The molecule has 0 saturated heterocycles. The highest BCUT2D eigenvalue weighted by Crippen LogP contribution is 2.50. The van der Waals surface area contributed by atoms with Crippen molar-refractivity contribution < 1.29 is 14.3 Å². The minimum Gasteiger partial charge on any atom is -0.493 e. The number of rotatable bonds is 3. The van der Waals surface area contributed by atoms with E-state index in [1.165, 1.54) is 0 Å². The zero-order chi connectivity index (χ0) is 12.6. The summed E-state index contributed by atoms with van der Waals surface area (Å²) in [6, 6.07) is 5.88. The van der Waals surface area contributed by atoms with Crippen molar-refractivity contribution in [1.82, 2.24) is 0 Å². The van der Waals surface area contributed by atoms with E-state index in [0.29, 0.717) is 12.2 Å². The van der Waals surface area contributed by atoms with Gasteiger partial charge in [-0.1, -0.05) is 19.9 Å². The molecule has 17 heavy (non-hydrogen) atoms. The number of benzene rings is 1. The molecule has 2 rings (SSSR count). The van der Waals surface area contributed by atoms with Crippen molar-refractivity contribution in [3.05, 3.63) is 23.8 Å². The molecule has 0 aliphatic heterocycles. The Morgan fingerprint density at radius 1 is 1.18 bits per heavy atom. The second kappa shape index (κ2) is 4.06. The molecule has 1 aliphatic rings. The zero-order valence-corrected chi connectivity index (χ0v) is 10.7. The van der Waals surface area contributed by atoms with Crippen molar-refractivity contribution in [2.24, 2.45) is 5.41 Å². The van der Waals surface area contributed by atoms with Gasteiger partial charge in [0.25, 0.3) is 0 Å². The van der Waals surface area contributed by atoms with Gasteiger partial charge in [0, 0.05) is 17.8 Å². The van der Waals surface area contributed by atoms with Gasteiger partial charge in [-0.15, -0.1) is 0 Å². The highest BCUT2D eigenvalue weighted by atomic mass is 16.5. The van der Waals surface area contributed by atoms with Crippen LogP contribution in [0.4, 0.5) is 0 Å². The lowest BCUT2D eigenvalue weighted by atomic mass is 9.59. The molecule has 3 heteroatoms. The molecule has 0 N–H and O–H groups in total. The molecule has 1 atom stereocenters. The number of hydrogen-bond donors (Lipinski definition) is 0. The lowest BCUT2D eigenvalue weighted by Gasteiger charge is -2.43. The van der Waals surface area contributed by atoms with E-state index in [9.17, 15) is 4.79 Å². The highest BCUT2D eigenvalue weighted by molar-refractivity contribution is 5.92. The van der Waals surface area contributed by atoms with Gasteiger partial charge in [0.05, 0.1) is 14.2 Å². The monoisotopic (exact) mass is 234 g/mol. The molecule has 92 valence electrons.